The Morgan fingerprint density at radius 2 is 2.00 bits per heavy atom. The molecule has 0 heterocycles. The van der Waals surface area contributed by atoms with Crippen LogP contribution in [0.2, 0.25) is 0 Å². The maximum atomic E-state index is 11.5. The Labute approximate surface area is 99.8 Å². The predicted molar refractivity (Wildman–Crippen MR) is 62.0 cm³/mol. The molecule has 17 heavy (non-hydrogen) atoms. The summed E-state index contributed by atoms with van der Waals surface area (Å²) in [6.45, 7) is 4.78. The summed E-state index contributed by atoms with van der Waals surface area (Å²) >= 11 is 0. The number of rotatable bonds is 5. The van der Waals surface area contributed by atoms with Crippen LogP contribution in [0.5, 0.6) is 0 Å². The van der Waals surface area contributed by atoms with Gasteiger partial charge in [-0.05, 0) is 11.6 Å². The van der Waals surface area contributed by atoms with Crippen molar-refractivity contribution in [2.24, 2.45) is 0 Å². The first-order valence-corrected chi connectivity index (χ1v) is 5.14. The molecular formula is C13H14O4. The highest BCUT2D eigenvalue weighted by Gasteiger charge is 2.19. The minimum Gasteiger partial charge on any atom is -0.458 e. The van der Waals surface area contributed by atoms with E-state index in [0.29, 0.717) is 0 Å². The van der Waals surface area contributed by atoms with Gasteiger partial charge in [0.05, 0.1) is 0 Å². The van der Waals surface area contributed by atoms with Crippen LogP contribution in [0.1, 0.15) is 12.5 Å². The van der Waals surface area contributed by atoms with Crippen LogP contribution in [-0.4, -0.2) is 18.0 Å². The van der Waals surface area contributed by atoms with Crippen molar-refractivity contribution in [2.75, 3.05) is 0 Å². The SMILES string of the molecule is C=CC(OC(C)=O)C(=O)OCc1ccccc1. The second-order valence-corrected chi connectivity index (χ2v) is 3.36. The molecule has 0 radical (unpaired) electrons. The average Bonchev–Trinajstić information content (AvgIpc) is 2.34. The minimum atomic E-state index is -1.05. The number of ether oxygens (including phenoxy) is 2. The van der Waals surface area contributed by atoms with Crippen LogP contribution in [0, 0.1) is 0 Å². The number of esters is 2. The van der Waals surface area contributed by atoms with E-state index in [9.17, 15) is 9.59 Å². The van der Waals surface area contributed by atoms with Crippen molar-refractivity contribution in [1.82, 2.24) is 0 Å². The molecule has 0 spiro atoms. The molecule has 0 bridgehead atoms. The second-order valence-electron chi connectivity index (χ2n) is 3.36. The first-order chi connectivity index (χ1) is 8.13. The fourth-order valence-corrected chi connectivity index (χ4v) is 1.18. The van der Waals surface area contributed by atoms with E-state index < -0.39 is 18.0 Å². The predicted octanol–water partition coefficient (Wildman–Crippen LogP) is 1.85. The molecule has 1 aromatic rings. The standard InChI is InChI=1S/C13H14O4/c1-3-12(17-10(2)14)13(15)16-9-11-7-5-4-6-8-11/h3-8,12H,1,9H2,2H3. The minimum absolute atomic E-state index is 0.144. The smallest absolute Gasteiger partial charge is 0.351 e. The van der Waals surface area contributed by atoms with E-state index in [1.165, 1.54) is 13.0 Å². The summed E-state index contributed by atoms with van der Waals surface area (Å²) in [7, 11) is 0. The number of hydrogen-bond acceptors (Lipinski definition) is 4. The molecule has 1 aromatic carbocycles. The third kappa shape index (κ3) is 4.51. The third-order valence-corrected chi connectivity index (χ3v) is 1.96. The van der Waals surface area contributed by atoms with Crippen molar-refractivity contribution in [3.05, 3.63) is 48.6 Å². The Kier molecular flexibility index (Phi) is 4.94. The second kappa shape index (κ2) is 6.48. The quantitative estimate of drug-likeness (QED) is 0.576. The molecule has 1 atom stereocenters. The van der Waals surface area contributed by atoms with Gasteiger partial charge in [-0.25, -0.2) is 4.79 Å². The summed E-state index contributed by atoms with van der Waals surface area (Å²) in [6.07, 6.45) is 0.186. The van der Waals surface area contributed by atoms with Gasteiger partial charge in [0, 0.05) is 6.92 Å². The summed E-state index contributed by atoms with van der Waals surface area (Å²) in [5.74, 6) is -1.18. The maximum absolute atomic E-state index is 11.5. The molecule has 90 valence electrons. The molecule has 1 rings (SSSR count). The van der Waals surface area contributed by atoms with Crippen LogP contribution in [0.15, 0.2) is 43.0 Å². The first kappa shape index (κ1) is 13.0. The Bertz CT molecular complexity index is 397. The lowest BCUT2D eigenvalue weighted by Gasteiger charge is -2.12. The van der Waals surface area contributed by atoms with E-state index in [0.717, 1.165) is 5.56 Å². The fourth-order valence-electron chi connectivity index (χ4n) is 1.18. The van der Waals surface area contributed by atoms with E-state index in [1.807, 2.05) is 30.3 Å². The third-order valence-electron chi connectivity index (χ3n) is 1.96. The van der Waals surface area contributed by atoms with E-state index in [2.05, 4.69) is 6.58 Å². The van der Waals surface area contributed by atoms with Crippen LogP contribution in [0.25, 0.3) is 0 Å². The van der Waals surface area contributed by atoms with Crippen molar-refractivity contribution in [3.63, 3.8) is 0 Å². The van der Waals surface area contributed by atoms with Crippen LogP contribution < -0.4 is 0 Å². The van der Waals surface area contributed by atoms with Gasteiger partial charge in [-0.3, -0.25) is 4.79 Å². The highest BCUT2D eigenvalue weighted by Crippen LogP contribution is 2.04. The topological polar surface area (TPSA) is 52.6 Å². The summed E-state index contributed by atoms with van der Waals surface area (Å²) in [6, 6.07) is 9.24. The van der Waals surface area contributed by atoms with E-state index in [-0.39, 0.29) is 6.61 Å². The zero-order valence-electron chi connectivity index (χ0n) is 9.59. The summed E-state index contributed by atoms with van der Waals surface area (Å²) in [4.78, 5) is 22.2. The largest absolute Gasteiger partial charge is 0.458 e. The van der Waals surface area contributed by atoms with Crippen molar-refractivity contribution in [3.8, 4) is 0 Å². The lowest BCUT2D eigenvalue weighted by molar-refractivity contribution is -0.164. The van der Waals surface area contributed by atoms with Crippen molar-refractivity contribution >= 4 is 11.9 Å². The van der Waals surface area contributed by atoms with Crippen LogP contribution in [-0.2, 0) is 25.7 Å². The van der Waals surface area contributed by atoms with Crippen molar-refractivity contribution in [1.29, 1.82) is 0 Å². The highest BCUT2D eigenvalue weighted by molar-refractivity contribution is 5.80. The normalized spacial score (nSPS) is 11.4. The Morgan fingerprint density at radius 1 is 1.35 bits per heavy atom. The fraction of sp³-hybridized carbons (Fsp3) is 0.231. The van der Waals surface area contributed by atoms with Gasteiger partial charge in [0.1, 0.15) is 6.61 Å². The summed E-state index contributed by atoms with van der Waals surface area (Å²) in [5, 5.41) is 0. The first-order valence-electron chi connectivity index (χ1n) is 5.14. The van der Waals surface area contributed by atoms with Gasteiger partial charge in [-0.2, -0.15) is 0 Å². The maximum Gasteiger partial charge on any atom is 0.351 e. The van der Waals surface area contributed by atoms with Gasteiger partial charge in [0.2, 0.25) is 6.10 Å². The molecule has 0 N–H and O–H groups in total. The van der Waals surface area contributed by atoms with Crippen LogP contribution in [0.4, 0.5) is 0 Å². The molecule has 0 aliphatic carbocycles. The molecule has 0 aliphatic rings. The van der Waals surface area contributed by atoms with Gasteiger partial charge in [0.25, 0.3) is 0 Å². The van der Waals surface area contributed by atoms with Gasteiger partial charge in [-0.15, -0.1) is 0 Å². The van der Waals surface area contributed by atoms with E-state index in [4.69, 9.17) is 9.47 Å². The van der Waals surface area contributed by atoms with Crippen molar-refractivity contribution in [2.45, 2.75) is 19.6 Å². The molecular weight excluding hydrogens is 220 g/mol. The lowest BCUT2D eigenvalue weighted by atomic mass is 10.2. The van der Waals surface area contributed by atoms with Crippen molar-refractivity contribution < 1.29 is 19.1 Å². The number of carbonyl (C=O) groups excluding carboxylic acids is 2. The molecule has 0 amide bonds. The molecule has 1 unspecified atom stereocenters. The van der Waals surface area contributed by atoms with Crippen LogP contribution >= 0.6 is 0 Å². The van der Waals surface area contributed by atoms with Gasteiger partial charge < -0.3 is 9.47 Å². The van der Waals surface area contributed by atoms with Crippen LogP contribution in [0.3, 0.4) is 0 Å². The Morgan fingerprint density at radius 3 is 2.53 bits per heavy atom. The Balaban J connectivity index is 2.48. The average molecular weight is 234 g/mol. The summed E-state index contributed by atoms with van der Waals surface area (Å²) < 4.78 is 9.71. The zero-order chi connectivity index (χ0) is 12.7. The molecule has 0 aromatic heterocycles. The molecule has 4 heteroatoms. The molecule has 0 saturated carbocycles. The summed E-state index contributed by atoms with van der Waals surface area (Å²) in [5.41, 5.74) is 0.867. The molecule has 0 saturated heterocycles. The van der Waals surface area contributed by atoms with Gasteiger partial charge in [-0.1, -0.05) is 36.9 Å². The zero-order valence-corrected chi connectivity index (χ0v) is 9.59. The van der Waals surface area contributed by atoms with E-state index in [1.54, 1.807) is 0 Å². The Hall–Kier alpha value is -2.10. The monoisotopic (exact) mass is 234 g/mol. The molecule has 0 fully saturated rings. The number of benzene rings is 1. The van der Waals surface area contributed by atoms with E-state index >= 15 is 0 Å². The molecule has 4 nitrogen and oxygen atoms in total. The lowest BCUT2D eigenvalue weighted by Crippen LogP contribution is -2.26. The van der Waals surface area contributed by atoms with Gasteiger partial charge >= 0.3 is 11.9 Å². The molecule has 0 aliphatic heterocycles. The number of carbonyl (C=O) groups is 2. The highest BCUT2D eigenvalue weighted by atomic mass is 16.6. The number of hydrogen-bond donors (Lipinski definition) is 0. The van der Waals surface area contributed by atoms with Gasteiger partial charge in [0.15, 0.2) is 0 Å².